The Balaban J connectivity index is 2.91. The van der Waals surface area contributed by atoms with Gasteiger partial charge in [-0.2, -0.15) is 0 Å². The van der Waals surface area contributed by atoms with Crippen LogP contribution in [0.4, 0.5) is 0 Å². The molecule has 0 unspecified atom stereocenters. The molecule has 1 aromatic heterocycles. The highest BCUT2D eigenvalue weighted by molar-refractivity contribution is 5.06. The first-order valence-corrected chi connectivity index (χ1v) is 4.06. The predicted octanol–water partition coefficient (Wildman–Crippen LogP) is 2.16. The minimum absolute atomic E-state index is 0.503. The maximum atomic E-state index is 4.38. The van der Waals surface area contributed by atoms with E-state index >= 15 is 0 Å². The Labute approximate surface area is 67.7 Å². The van der Waals surface area contributed by atoms with Crippen molar-refractivity contribution in [3.05, 3.63) is 23.8 Å². The van der Waals surface area contributed by atoms with Crippen molar-refractivity contribution in [3.63, 3.8) is 0 Å². The van der Waals surface area contributed by atoms with E-state index < -0.39 is 0 Å². The van der Waals surface area contributed by atoms with Gasteiger partial charge in [-0.1, -0.05) is 20.8 Å². The Kier molecular flexibility index (Phi) is 2.58. The first-order valence-electron chi connectivity index (χ1n) is 4.06. The number of rotatable bonds is 2. The monoisotopic (exact) mass is 150 g/mol. The van der Waals surface area contributed by atoms with Crippen molar-refractivity contribution in [1.82, 2.24) is 9.97 Å². The molecule has 0 amide bonds. The molecule has 0 N–H and O–H groups in total. The van der Waals surface area contributed by atoms with Gasteiger partial charge in [0.15, 0.2) is 0 Å². The van der Waals surface area contributed by atoms with Gasteiger partial charge in [0, 0.05) is 18.3 Å². The molecule has 0 saturated carbocycles. The third-order valence-electron chi connectivity index (χ3n) is 1.63. The van der Waals surface area contributed by atoms with E-state index in [2.05, 4.69) is 30.7 Å². The van der Waals surface area contributed by atoms with Gasteiger partial charge in [-0.05, 0) is 12.0 Å². The van der Waals surface area contributed by atoms with Crippen molar-refractivity contribution in [1.29, 1.82) is 0 Å². The summed E-state index contributed by atoms with van der Waals surface area (Å²) in [6.45, 7) is 6.35. The maximum Gasteiger partial charge on any atom is 0.128 e. The molecular formula is C9H14N2. The van der Waals surface area contributed by atoms with Crippen LogP contribution in [0.25, 0.3) is 0 Å². The average Bonchev–Trinajstić information content (AvgIpc) is 2.05. The van der Waals surface area contributed by atoms with Crippen LogP contribution in [0.15, 0.2) is 12.3 Å². The molecule has 1 rings (SSSR count). The topological polar surface area (TPSA) is 25.8 Å². The van der Waals surface area contributed by atoms with E-state index in [9.17, 15) is 0 Å². The predicted molar refractivity (Wildman–Crippen MR) is 45.5 cm³/mol. The molecule has 0 aliphatic heterocycles. The molecule has 0 aromatic carbocycles. The molecule has 0 spiro atoms. The van der Waals surface area contributed by atoms with Gasteiger partial charge in [-0.25, -0.2) is 9.97 Å². The van der Waals surface area contributed by atoms with Crippen LogP contribution in [-0.4, -0.2) is 9.97 Å². The Morgan fingerprint density at radius 1 is 1.45 bits per heavy atom. The average molecular weight is 150 g/mol. The van der Waals surface area contributed by atoms with Gasteiger partial charge in [0.2, 0.25) is 0 Å². The lowest BCUT2D eigenvalue weighted by Gasteiger charge is -2.03. The van der Waals surface area contributed by atoms with Crippen molar-refractivity contribution in [3.8, 4) is 0 Å². The van der Waals surface area contributed by atoms with Gasteiger partial charge in [0.05, 0.1) is 0 Å². The zero-order chi connectivity index (χ0) is 8.27. The molecule has 1 heterocycles. The highest BCUT2D eigenvalue weighted by Gasteiger charge is 2.00. The molecule has 0 saturated heterocycles. The first-order chi connectivity index (χ1) is 5.24. The van der Waals surface area contributed by atoms with Gasteiger partial charge < -0.3 is 0 Å². The Morgan fingerprint density at radius 2 is 2.18 bits per heavy atom. The molecule has 0 fully saturated rings. The van der Waals surface area contributed by atoms with E-state index in [0.29, 0.717) is 5.92 Å². The summed E-state index contributed by atoms with van der Waals surface area (Å²) in [6.07, 6.45) is 2.75. The number of aromatic nitrogens is 2. The van der Waals surface area contributed by atoms with Crippen molar-refractivity contribution in [2.24, 2.45) is 0 Å². The van der Waals surface area contributed by atoms with Gasteiger partial charge in [0.25, 0.3) is 0 Å². The van der Waals surface area contributed by atoms with Crippen LogP contribution in [0.5, 0.6) is 0 Å². The fourth-order valence-corrected chi connectivity index (χ4v) is 0.907. The number of hydrogen-bond acceptors (Lipinski definition) is 2. The van der Waals surface area contributed by atoms with Crippen LogP contribution in [0.2, 0.25) is 0 Å². The molecule has 0 radical (unpaired) electrons. The second-order valence-electron chi connectivity index (χ2n) is 2.91. The molecule has 2 heteroatoms. The van der Waals surface area contributed by atoms with Crippen molar-refractivity contribution in [2.75, 3.05) is 0 Å². The zero-order valence-electron chi connectivity index (χ0n) is 7.33. The van der Waals surface area contributed by atoms with Crippen LogP contribution in [0.1, 0.15) is 38.2 Å². The molecule has 60 valence electrons. The summed E-state index contributed by atoms with van der Waals surface area (Å²) in [6, 6.07) is 1.98. The summed E-state index contributed by atoms with van der Waals surface area (Å²) < 4.78 is 0. The third-order valence-corrected chi connectivity index (χ3v) is 1.63. The lowest BCUT2D eigenvalue weighted by Crippen LogP contribution is -1.98. The molecule has 1 aromatic rings. The summed E-state index contributed by atoms with van der Waals surface area (Å²) in [4.78, 5) is 8.51. The van der Waals surface area contributed by atoms with Crippen LogP contribution in [-0.2, 0) is 6.42 Å². The summed E-state index contributed by atoms with van der Waals surface area (Å²) in [5.41, 5.74) is 1.14. The van der Waals surface area contributed by atoms with E-state index in [1.165, 1.54) is 0 Å². The normalized spacial score (nSPS) is 10.5. The number of nitrogens with zero attached hydrogens (tertiary/aromatic N) is 2. The van der Waals surface area contributed by atoms with E-state index in [1.807, 2.05) is 12.3 Å². The Bertz CT molecular complexity index is 231. The zero-order valence-corrected chi connectivity index (χ0v) is 7.33. The lowest BCUT2D eigenvalue weighted by molar-refractivity contribution is 0.786. The van der Waals surface area contributed by atoms with Crippen molar-refractivity contribution in [2.45, 2.75) is 33.1 Å². The van der Waals surface area contributed by atoms with Crippen LogP contribution in [0, 0.1) is 0 Å². The van der Waals surface area contributed by atoms with E-state index in [1.54, 1.807) is 0 Å². The van der Waals surface area contributed by atoms with Gasteiger partial charge in [0.1, 0.15) is 5.82 Å². The third kappa shape index (κ3) is 2.00. The number of aryl methyl sites for hydroxylation is 1. The standard InChI is InChI=1S/C9H14N2/c1-4-9-10-6-5-8(11-9)7(2)3/h5-7H,4H2,1-3H3. The SMILES string of the molecule is CCc1nccc(C(C)C)n1. The van der Waals surface area contributed by atoms with Gasteiger partial charge in [-0.3, -0.25) is 0 Å². The fourth-order valence-electron chi connectivity index (χ4n) is 0.907. The minimum atomic E-state index is 0.503. The highest BCUT2D eigenvalue weighted by Crippen LogP contribution is 2.09. The second kappa shape index (κ2) is 3.46. The Morgan fingerprint density at radius 3 is 2.73 bits per heavy atom. The highest BCUT2D eigenvalue weighted by atomic mass is 14.9. The van der Waals surface area contributed by atoms with E-state index in [4.69, 9.17) is 0 Å². The lowest BCUT2D eigenvalue weighted by atomic mass is 10.1. The second-order valence-corrected chi connectivity index (χ2v) is 2.91. The van der Waals surface area contributed by atoms with Gasteiger partial charge >= 0.3 is 0 Å². The minimum Gasteiger partial charge on any atom is -0.241 e. The van der Waals surface area contributed by atoms with Crippen LogP contribution in [0.3, 0.4) is 0 Å². The molecule has 0 aliphatic carbocycles. The van der Waals surface area contributed by atoms with Crippen molar-refractivity contribution < 1.29 is 0 Å². The molecular weight excluding hydrogens is 136 g/mol. The van der Waals surface area contributed by atoms with E-state index in [-0.39, 0.29) is 0 Å². The summed E-state index contributed by atoms with van der Waals surface area (Å²) in [5, 5.41) is 0. The molecule has 0 aliphatic rings. The van der Waals surface area contributed by atoms with Crippen LogP contribution < -0.4 is 0 Å². The molecule has 11 heavy (non-hydrogen) atoms. The smallest absolute Gasteiger partial charge is 0.128 e. The quantitative estimate of drug-likeness (QED) is 0.645. The molecule has 0 bridgehead atoms. The maximum absolute atomic E-state index is 4.38. The fraction of sp³-hybridized carbons (Fsp3) is 0.556. The van der Waals surface area contributed by atoms with Crippen molar-refractivity contribution >= 4 is 0 Å². The summed E-state index contributed by atoms with van der Waals surface area (Å²) >= 11 is 0. The summed E-state index contributed by atoms with van der Waals surface area (Å²) in [7, 11) is 0. The summed E-state index contributed by atoms with van der Waals surface area (Å²) in [5.74, 6) is 1.44. The number of hydrogen-bond donors (Lipinski definition) is 0. The molecule has 0 atom stereocenters. The van der Waals surface area contributed by atoms with E-state index in [0.717, 1.165) is 17.9 Å². The molecule has 2 nitrogen and oxygen atoms in total. The van der Waals surface area contributed by atoms with Gasteiger partial charge in [-0.15, -0.1) is 0 Å². The first kappa shape index (κ1) is 8.18. The largest absolute Gasteiger partial charge is 0.241 e. The van der Waals surface area contributed by atoms with Crippen LogP contribution >= 0.6 is 0 Å². The Hall–Kier alpha value is -0.920.